The monoisotopic (exact) mass is 329 g/mol. The molecule has 0 fully saturated rings. The minimum absolute atomic E-state index is 0.0900. The molecule has 2 N–H and O–H groups in total. The standard InChI is InChI=1S/C20H24FNO2/c1-13-4-5-14(2)18(12-13)19(23)10-11-22-15(3)20(24)16-6-8-17(21)9-7-16/h4-9,12,15,20,22,24H,10-11H2,1-3H3. The van der Waals surface area contributed by atoms with Gasteiger partial charge in [-0.25, -0.2) is 4.39 Å². The number of nitrogens with one attached hydrogen (secondary N) is 1. The number of hydrogen-bond acceptors (Lipinski definition) is 3. The summed E-state index contributed by atoms with van der Waals surface area (Å²) in [7, 11) is 0. The van der Waals surface area contributed by atoms with Crippen molar-refractivity contribution in [2.75, 3.05) is 6.54 Å². The number of halogens is 1. The van der Waals surface area contributed by atoms with Crippen molar-refractivity contribution in [3.8, 4) is 0 Å². The number of rotatable bonds is 7. The van der Waals surface area contributed by atoms with Gasteiger partial charge in [0.1, 0.15) is 5.82 Å². The third-order valence-corrected chi connectivity index (χ3v) is 4.20. The lowest BCUT2D eigenvalue weighted by atomic mass is 10.00. The van der Waals surface area contributed by atoms with Gasteiger partial charge in [0.05, 0.1) is 6.10 Å². The molecule has 24 heavy (non-hydrogen) atoms. The van der Waals surface area contributed by atoms with E-state index >= 15 is 0 Å². The molecule has 0 amide bonds. The van der Waals surface area contributed by atoms with Gasteiger partial charge < -0.3 is 10.4 Å². The topological polar surface area (TPSA) is 49.3 Å². The maximum Gasteiger partial charge on any atom is 0.164 e. The summed E-state index contributed by atoms with van der Waals surface area (Å²) in [6, 6.07) is 11.4. The van der Waals surface area contributed by atoms with E-state index in [-0.39, 0.29) is 17.6 Å². The SMILES string of the molecule is Cc1ccc(C)c(C(=O)CCNC(C)C(O)c2ccc(F)cc2)c1. The molecule has 0 bridgehead atoms. The molecular formula is C20H24FNO2. The molecule has 0 saturated heterocycles. The molecule has 3 nitrogen and oxygen atoms in total. The van der Waals surface area contributed by atoms with Crippen molar-refractivity contribution >= 4 is 5.78 Å². The second kappa shape index (κ2) is 8.18. The third kappa shape index (κ3) is 4.73. The number of carbonyl (C=O) groups is 1. The highest BCUT2D eigenvalue weighted by atomic mass is 19.1. The van der Waals surface area contributed by atoms with Crippen molar-refractivity contribution in [1.29, 1.82) is 0 Å². The summed E-state index contributed by atoms with van der Waals surface area (Å²) in [6.45, 7) is 6.22. The van der Waals surface area contributed by atoms with Crippen LogP contribution in [0.2, 0.25) is 0 Å². The Morgan fingerprint density at radius 2 is 1.83 bits per heavy atom. The Morgan fingerprint density at radius 1 is 1.17 bits per heavy atom. The van der Waals surface area contributed by atoms with Crippen LogP contribution in [0.25, 0.3) is 0 Å². The first-order valence-electron chi connectivity index (χ1n) is 8.16. The fraction of sp³-hybridized carbons (Fsp3) is 0.350. The molecule has 128 valence electrons. The van der Waals surface area contributed by atoms with Crippen molar-refractivity contribution in [2.24, 2.45) is 0 Å². The molecule has 2 aromatic rings. The van der Waals surface area contributed by atoms with Gasteiger partial charge in [-0.3, -0.25) is 4.79 Å². The first kappa shape index (κ1) is 18.3. The molecular weight excluding hydrogens is 305 g/mol. The lowest BCUT2D eigenvalue weighted by molar-refractivity contribution is 0.0971. The van der Waals surface area contributed by atoms with Crippen LogP contribution >= 0.6 is 0 Å². The summed E-state index contributed by atoms with van der Waals surface area (Å²) >= 11 is 0. The fourth-order valence-corrected chi connectivity index (χ4v) is 2.64. The largest absolute Gasteiger partial charge is 0.387 e. The van der Waals surface area contributed by atoms with E-state index in [0.29, 0.717) is 18.5 Å². The molecule has 2 atom stereocenters. The normalized spacial score (nSPS) is 13.5. The summed E-state index contributed by atoms with van der Waals surface area (Å²) in [5.74, 6) is -0.238. The number of carbonyl (C=O) groups excluding carboxylic acids is 1. The molecule has 0 aromatic heterocycles. The van der Waals surface area contributed by atoms with Gasteiger partial charge in [-0.2, -0.15) is 0 Å². The summed E-state index contributed by atoms with van der Waals surface area (Å²) in [5, 5.41) is 13.4. The predicted octanol–water partition coefficient (Wildman–Crippen LogP) is 3.73. The van der Waals surface area contributed by atoms with Gasteiger partial charge >= 0.3 is 0 Å². The van der Waals surface area contributed by atoms with Crippen molar-refractivity contribution in [3.63, 3.8) is 0 Å². The van der Waals surface area contributed by atoms with Crippen LogP contribution in [0.3, 0.4) is 0 Å². The molecule has 0 spiro atoms. The van der Waals surface area contributed by atoms with E-state index in [1.165, 1.54) is 12.1 Å². The molecule has 0 radical (unpaired) electrons. The zero-order valence-electron chi connectivity index (χ0n) is 14.3. The molecule has 0 aliphatic rings. The van der Waals surface area contributed by atoms with Crippen LogP contribution in [0.5, 0.6) is 0 Å². The minimum Gasteiger partial charge on any atom is -0.387 e. The average molecular weight is 329 g/mol. The van der Waals surface area contributed by atoms with Crippen LogP contribution in [0.4, 0.5) is 4.39 Å². The molecule has 0 saturated carbocycles. The Balaban J connectivity index is 1.87. The van der Waals surface area contributed by atoms with Crippen LogP contribution < -0.4 is 5.32 Å². The second-order valence-corrected chi connectivity index (χ2v) is 6.23. The zero-order valence-corrected chi connectivity index (χ0v) is 14.3. The number of Topliss-reactive ketones (excluding diaryl/α,β-unsaturated/α-hetero) is 1. The van der Waals surface area contributed by atoms with Gasteiger partial charge in [-0.15, -0.1) is 0 Å². The van der Waals surface area contributed by atoms with Crippen LogP contribution in [0.1, 0.15) is 46.5 Å². The Bertz CT molecular complexity index is 697. The fourth-order valence-electron chi connectivity index (χ4n) is 2.64. The summed E-state index contributed by atoms with van der Waals surface area (Å²) in [4.78, 5) is 12.3. The van der Waals surface area contributed by atoms with Crippen LogP contribution in [-0.2, 0) is 0 Å². The second-order valence-electron chi connectivity index (χ2n) is 6.23. The van der Waals surface area contributed by atoms with Gasteiger partial charge in [0.15, 0.2) is 5.78 Å². The summed E-state index contributed by atoms with van der Waals surface area (Å²) < 4.78 is 12.9. The summed E-state index contributed by atoms with van der Waals surface area (Å²) in [5.41, 5.74) is 3.45. The Kier molecular flexibility index (Phi) is 6.23. The van der Waals surface area contributed by atoms with Crippen molar-refractivity contribution < 1.29 is 14.3 Å². The Labute approximate surface area is 142 Å². The van der Waals surface area contributed by atoms with Crippen LogP contribution in [0.15, 0.2) is 42.5 Å². The molecule has 2 aromatic carbocycles. The van der Waals surface area contributed by atoms with Crippen LogP contribution in [-0.4, -0.2) is 23.5 Å². The molecule has 2 rings (SSSR count). The van der Waals surface area contributed by atoms with Gasteiger partial charge in [-0.05, 0) is 50.1 Å². The first-order valence-corrected chi connectivity index (χ1v) is 8.16. The van der Waals surface area contributed by atoms with Crippen molar-refractivity contribution in [2.45, 2.75) is 39.3 Å². The van der Waals surface area contributed by atoms with E-state index in [1.54, 1.807) is 12.1 Å². The first-order chi connectivity index (χ1) is 11.4. The molecule has 4 heteroatoms. The number of aryl methyl sites for hydroxylation is 2. The number of aliphatic hydroxyl groups excluding tert-OH is 1. The van der Waals surface area contributed by atoms with Crippen molar-refractivity contribution in [3.05, 3.63) is 70.5 Å². The highest BCUT2D eigenvalue weighted by Gasteiger charge is 2.16. The van der Waals surface area contributed by atoms with Gasteiger partial charge in [0, 0.05) is 24.6 Å². The van der Waals surface area contributed by atoms with Crippen LogP contribution in [0, 0.1) is 19.7 Å². The number of aliphatic hydroxyl groups is 1. The van der Waals surface area contributed by atoms with E-state index in [0.717, 1.165) is 16.7 Å². The maximum absolute atomic E-state index is 12.9. The Hall–Kier alpha value is -2.04. The van der Waals surface area contributed by atoms with Gasteiger partial charge in [0.2, 0.25) is 0 Å². The highest BCUT2D eigenvalue weighted by molar-refractivity contribution is 5.97. The maximum atomic E-state index is 12.9. The molecule has 0 aliphatic carbocycles. The Morgan fingerprint density at radius 3 is 2.50 bits per heavy atom. The zero-order chi connectivity index (χ0) is 17.7. The lowest BCUT2D eigenvalue weighted by Gasteiger charge is -2.20. The van der Waals surface area contributed by atoms with E-state index in [1.807, 2.05) is 39.0 Å². The third-order valence-electron chi connectivity index (χ3n) is 4.20. The molecule has 2 unspecified atom stereocenters. The van der Waals surface area contributed by atoms with E-state index in [2.05, 4.69) is 5.32 Å². The number of hydrogen-bond donors (Lipinski definition) is 2. The van der Waals surface area contributed by atoms with E-state index in [4.69, 9.17) is 0 Å². The smallest absolute Gasteiger partial charge is 0.164 e. The number of benzene rings is 2. The molecule has 0 aliphatic heterocycles. The highest BCUT2D eigenvalue weighted by Crippen LogP contribution is 2.17. The lowest BCUT2D eigenvalue weighted by Crippen LogP contribution is -2.33. The van der Waals surface area contributed by atoms with Gasteiger partial charge in [0.25, 0.3) is 0 Å². The van der Waals surface area contributed by atoms with Gasteiger partial charge in [-0.1, -0.05) is 29.8 Å². The van der Waals surface area contributed by atoms with E-state index in [9.17, 15) is 14.3 Å². The average Bonchev–Trinajstić information content (AvgIpc) is 2.56. The predicted molar refractivity (Wildman–Crippen MR) is 93.7 cm³/mol. The van der Waals surface area contributed by atoms with Crippen molar-refractivity contribution in [1.82, 2.24) is 5.32 Å². The molecule has 0 heterocycles. The van der Waals surface area contributed by atoms with E-state index < -0.39 is 6.10 Å². The summed E-state index contributed by atoms with van der Waals surface area (Å²) in [6.07, 6.45) is -0.383. The minimum atomic E-state index is -0.749. The number of ketones is 1. The quantitative estimate of drug-likeness (QED) is 0.761.